The third kappa shape index (κ3) is 3.06. The van der Waals surface area contributed by atoms with Crippen molar-refractivity contribution in [3.63, 3.8) is 0 Å². The second-order valence-corrected chi connectivity index (χ2v) is 7.17. The first kappa shape index (κ1) is 18.3. The summed E-state index contributed by atoms with van der Waals surface area (Å²) in [5.41, 5.74) is 2.12. The monoisotopic (exact) mass is 413 g/mol. The van der Waals surface area contributed by atoms with Gasteiger partial charge in [0, 0.05) is 11.5 Å². The van der Waals surface area contributed by atoms with E-state index in [0.29, 0.717) is 10.5 Å². The lowest BCUT2D eigenvalue weighted by Crippen LogP contribution is -2.02. The van der Waals surface area contributed by atoms with Gasteiger partial charge in [-0.1, -0.05) is 58.5 Å². The van der Waals surface area contributed by atoms with Crippen LogP contribution in [0.4, 0.5) is 0 Å². The Balaban J connectivity index is 2.47. The number of pyridine rings is 1. The highest BCUT2D eigenvalue weighted by molar-refractivity contribution is 6.48. The molecule has 25 heavy (non-hydrogen) atoms. The van der Waals surface area contributed by atoms with Crippen molar-refractivity contribution in [2.24, 2.45) is 0 Å². The number of nitrogens with zero attached hydrogens (tertiary/aromatic N) is 1. The Morgan fingerprint density at radius 1 is 0.960 bits per heavy atom. The first-order valence-electron chi connectivity index (χ1n) is 7.20. The molecule has 0 radical (unpaired) electrons. The van der Waals surface area contributed by atoms with E-state index in [-0.39, 0.29) is 26.3 Å². The fraction of sp³-hybridized carbons (Fsp3) is 0.111. The largest absolute Gasteiger partial charge is 0.505 e. The Hall–Kier alpha value is -1.52. The Kier molecular flexibility index (Phi) is 4.86. The molecule has 0 spiro atoms. The summed E-state index contributed by atoms with van der Waals surface area (Å²) in [5, 5.41) is 11.2. The molecule has 3 aromatic rings. The molecule has 1 heterocycles. The van der Waals surface area contributed by atoms with Crippen LogP contribution in [0, 0.1) is 13.8 Å². The lowest BCUT2D eigenvalue weighted by atomic mass is 10.0. The molecule has 0 aliphatic heterocycles. The molecule has 3 nitrogen and oxygen atoms in total. The topological polar surface area (TPSA) is 50.2 Å². The van der Waals surface area contributed by atoms with Crippen LogP contribution >= 0.6 is 46.4 Å². The summed E-state index contributed by atoms with van der Waals surface area (Å²) in [6.07, 6.45) is 0. The van der Waals surface area contributed by atoms with Gasteiger partial charge in [0.15, 0.2) is 5.43 Å². The second kappa shape index (κ2) is 6.65. The van der Waals surface area contributed by atoms with Gasteiger partial charge in [-0.25, -0.2) is 4.98 Å². The summed E-state index contributed by atoms with van der Waals surface area (Å²) in [6, 6.07) is 6.40. The number of rotatable bonds is 1. The summed E-state index contributed by atoms with van der Waals surface area (Å²) >= 11 is 24.3. The zero-order valence-electron chi connectivity index (χ0n) is 13.1. The summed E-state index contributed by atoms with van der Waals surface area (Å²) in [7, 11) is 0. The van der Waals surface area contributed by atoms with Gasteiger partial charge in [-0.2, -0.15) is 0 Å². The van der Waals surface area contributed by atoms with Crippen LogP contribution in [0.5, 0.6) is 5.75 Å². The molecular formula is C18H11Cl4NO2. The number of benzene rings is 1. The molecule has 0 fully saturated rings. The summed E-state index contributed by atoms with van der Waals surface area (Å²) < 4.78 is 0. The first-order valence-corrected chi connectivity index (χ1v) is 8.71. The van der Waals surface area contributed by atoms with Gasteiger partial charge in [-0.05, 0) is 31.0 Å². The van der Waals surface area contributed by atoms with Crippen LogP contribution in [0.3, 0.4) is 0 Å². The highest BCUT2D eigenvalue weighted by Gasteiger charge is 2.19. The minimum absolute atomic E-state index is 0.0582. The van der Waals surface area contributed by atoms with E-state index in [2.05, 4.69) is 4.98 Å². The molecule has 0 unspecified atom stereocenters. The molecule has 7 heteroatoms. The van der Waals surface area contributed by atoms with E-state index < -0.39 is 11.2 Å². The summed E-state index contributed by atoms with van der Waals surface area (Å²) in [5.74, 6) is -0.489. The third-order valence-corrected chi connectivity index (χ3v) is 5.63. The van der Waals surface area contributed by atoms with E-state index in [1.54, 1.807) is 0 Å². The fourth-order valence-corrected chi connectivity index (χ4v) is 3.39. The van der Waals surface area contributed by atoms with Crippen LogP contribution in [0.25, 0.3) is 22.2 Å². The van der Waals surface area contributed by atoms with Gasteiger partial charge >= 0.3 is 0 Å². The predicted molar refractivity (Wildman–Crippen MR) is 105 cm³/mol. The van der Waals surface area contributed by atoms with Crippen molar-refractivity contribution in [2.75, 3.05) is 0 Å². The van der Waals surface area contributed by atoms with Crippen LogP contribution in [-0.4, -0.2) is 10.1 Å². The van der Waals surface area contributed by atoms with Gasteiger partial charge in [0.2, 0.25) is 0 Å². The normalized spacial score (nSPS) is 11.1. The van der Waals surface area contributed by atoms with Crippen LogP contribution in [0.2, 0.25) is 20.1 Å². The Labute approximate surface area is 163 Å². The van der Waals surface area contributed by atoms with E-state index in [4.69, 9.17) is 46.4 Å². The standard InChI is InChI=1S/C18H11Cl4NO2/c1-7-3-4-9-10(19)5-12(23-17(9)8(7)2)14-13(24)6-11(20)15(21)16(22)18(14)25/h3-6,25H,1-2H3. The maximum Gasteiger partial charge on any atom is 0.193 e. The molecule has 128 valence electrons. The molecule has 0 saturated heterocycles. The number of fused-ring (bicyclic) bond motifs is 1. The molecular weight excluding hydrogens is 404 g/mol. The molecule has 0 amide bonds. The number of aromatic hydroxyl groups is 1. The molecule has 0 aliphatic carbocycles. The number of hydrogen-bond donors (Lipinski definition) is 1. The highest BCUT2D eigenvalue weighted by atomic mass is 35.5. The van der Waals surface area contributed by atoms with Crippen molar-refractivity contribution in [3.8, 4) is 17.0 Å². The van der Waals surface area contributed by atoms with Crippen molar-refractivity contribution >= 4 is 57.3 Å². The lowest BCUT2D eigenvalue weighted by molar-refractivity contribution is 0.477. The van der Waals surface area contributed by atoms with E-state index in [1.807, 2.05) is 26.0 Å². The molecule has 3 rings (SSSR count). The average molecular weight is 415 g/mol. The van der Waals surface area contributed by atoms with Crippen LogP contribution < -0.4 is 5.43 Å². The summed E-state index contributed by atoms with van der Waals surface area (Å²) in [6.45, 7) is 3.86. The minimum Gasteiger partial charge on any atom is -0.505 e. The van der Waals surface area contributed by atoms with Gasteiger partial charge in [-0.3, -0.25) is 4.79 Å². The quantitative estimate of drug-likeness (QED) is 0.515. The zero-order valence-corrected chi connectivity index (χ0v) is 16.1. The van der Waals surface area contributed by atoms with Crippen molar-refractivity contribution in [2.45, 2.75) is 13.8 Å². The number of halogens is 4. The smallest absolute Gasteiger partial charge is 0.193 e. The first-order chi connectivity index (χ1) is 11.7. The van der Waals surface area contributed by atoms with Gasteiger partial charge in [0.25, 0.3) is 0 Å². The van der Waals surface area contributed by atoms with Crippen molar-refractivity contribution in [1.82, 2.24) is 4.98 Å². The van der Waals surface area contributed by atoms with Gasteiger partial charge < -0.3 is 5.11 Å². The Bertz CT molecular complexity index is 1100. The van der Waals surface area contributed by atoms with Gasteiger partial charge in [0.1, 0.15) is 10.8 Å². The average Bonchev–Trinajstić information content (AvgIpc) is 2.62. The number of hydrogen-bond acceptors (Lipinski definition) is 3. The SMILES string of the molecule is Cc1ccc2c(Cl)cc(-c3c(O)c(Cl)c(Cl)c(Cl)cc3=O)nc2c1C. The van der Waals surface area contributed by atoms with Crippen molar-refractivity contribution in [1.29, 1.82) is 0 Å². The van der Waals surface area contributed by atoms with Crippen LogP contribution in [0.15, 0.2) is 29.1 Å². The zero-order chi connectivity index (χ0) is 18.5. The second-order valence-electron chi connectivity index (χ2n) is 5.60. The van der Waals surface area contributed by atoms with Gasteiger partial charge in [0.05, 0.1) is 31.8 Å². The van der Waals surface area contributed by atoms with E-state index >= 15 is 0 Å². The summed E-state index contributed by atoms with van der Waals surface area (Å²) in [4.78, 5) is 17.0. The maximum atomic E-state index is 12.5. The van der Waals surface area contributed by atoms with Crippen molar-refractivity contribution in [3.05, 3.63) is 65.7 Å². The fourth-order valence-electron chi connectivity index (χ4n) is 2.55. The lowest BCUT2D eigenvalue weighted by Gasteiger charge is -2.09. The predicted octanol–water partition coefficient (Wildman–Crippen LogP) is 6.20. The van der Waals surface area contributed by atoms with E-state index in [0.717, 1.165) is 22.6 Å². The number of aryl methyl sites for hydroxylation is 2. The molecule has 1 N–H and O–H groups in total. The molecule has 0 aliphatic rings. The van der Waals surface area contributed by atoms with Gasteiger partial charge in [-0.15, -0.1) is 0 Å². The van der Waals surface area contributed by atoms with E-state index in [1.165, 1.54) is 6.07 Å². The molecule has 0 saturated carbocycles. The highest BCUT2D eigenvalue weighted by Crippen LogP contribution is 2.40. The number of aromatic nitrogens is 1. The van der Waals surface area contributed by atoms with Crippen molar-refractivity contribution < 1.29 is 5.11 Å². The molecule has 1 aromatic heterocycles. The maximum absolute atomic E-state index is 12.5. The van der Waals surface area contributed by atoms with E-state index in [9.17, 15) is 9.90 Å². The molecule has 0 atom stereocenters. The van der Waals surface area contributed by atoms with Crippen LogP contribution in [-0.2, 0) is 0 Å². The molecule has 0 bridgehead atoms. The Morgan fingerprint density at radius 3 is 2.32 bits per heavy atom. The third-order valence-electron chi connectivity index (χ3n) is 4.06. The Morgan fingerprint density at radius 2 is 1.64 bits per heavy atom. The minimum atomic E-state index is -0.565. The molecule has 2 aromatic carbocycles. The van der Waals surface area contributed by atoms with Crippen LogP contribution in [0.1, 0.15) is 11.1 Å².